The third-order valence-electron chi connectivity index (χ3n) is 4.65. The van der Waals surface area contributed by atoms with Crippen LogP contribution in [-0.2, 0) is 22.4 Å². The molecule has 1 saturated heterocycles. The molecular formula is C20H22N2O2S2. The van der Waals surface area contributed by atoms with Gasteiger partial charge in [-0.3, -0.25) is 9.59 Å². The third kappa shape index (κ3) is 3.62. The van der Waals surface area contributed by atoms with E-state index in [1.165, 1.54) is 23.5 Å². The van der Waals surface area contributed by atoms with Crippen molar-refractivity contribution in [3.05, 3.63) is 71.8 Å². The number of carbonyl (C=O) groups is 2. The van der Waals surface area contributed by atoms with Crippen LogP contribution in [0.25, 0.3) is 0 Å². The highest BCUT2D eigenvalue weighted by molar-refractivity contribution is 8.01. The van der Waals surface area contributed by atoms with E-state index in [1.807, 2.05) is 73.2 Å². The Hall–Kier alpha value is -1.92. The fraction of sp³-hybridized carbons (Fsp3) is 0.300. The van der Waals surface area contributed by atoms with E-state index < -0.39 is 9.74 Å². The summed E-state index contributed by atoms with van der Waals surface area (Å²) >= 11 is 2.73. The monoisotopic (exact) mass is 386 g/mol. The molecule has 2 N–H and O–H groups in total. The molecule has 1 aliphatic heterocycles. The SMILES string of the molecule is CSC1(Cc2ccccc2)NC(=O)C(Cc2ccccc2)(SC)NC1=O. The predicted molar refractivity (Wildman–Crippen MR) is 109 cm³/mol. The number of piperazine rings is 1. The fourth-order valence-electron chi connectivity index (χ4n) is 3.13. The molecule has 0 aliphatic carbocycles. The lowest BCUT2D eigenvalue weighted by molar-refractivity contribution is -0.139. The van der Waals surface area contributed by atoms with E-state index in [9.17, 15) is 9.59 Å². The van der Waals surface area contributed by atoms with Crippen LogP contribution in [0, 0.1) is 0 Å². The average molecular weight is 387 g/mol. The van der Waals surface area contributed by atoms with Crippen molar-refractivity contribution < 1.29 is 9.59 Å². The summed E-state index contributed by atoms with van der Waals surface area (Å²) in [6.45, 7) is 0. The number of benzene rings is 2. The van der Waals surface area contributed by atoms with Crippen molar-refractivity contribution >= 4 is 35.3 Å². The Morgan fingerprint density at radius 2 is 1.04 bits per heavy atom. The summed E-state index contributed by atoms with van der Waals surface area (Å²) < 4.78 is 0. The topological polar surface area (TPSA) is 58.2 Å². The molecule has 1 heterocycles. The van der Waals surface area contributed by atoms with E-state index in [2.05, 4.69) is 10.6 Å². The molecule has 0 bridgehead atoms. The molecule has 0 radical (unpaired) electrons. The first-order chi connectivity index (χ1) is 12.5. The molecule has 0 spiro atoms. The number of rotatable bonds is 6. The molecule has 2 aromatic carbocycles. The van der Waals surface area contributed by atoms with E-state index in [-0.39, 0.29) is 11.8 Å². The Morgan fingerprint density at radius 3 is 1.35 bits per heavy atom. The van der Waals surface area contributed by atoms with Gasteiger partial charge in [0.05, 0.1) is 0 Å². The number of amides is 2. The minimum atomic E-state index is -0.992. The van der Waals surface area contributed by atoms with E-state index in [4.69, 9.17) is 0 Å². The average Bonchev–Trinajstić information content (AvgIpc) is 2.67. The van der Waals surface area contributed by atoms with Crippen molar-refractivity contribution in [3.8, 4) is 0 Å². The van der Waals surface area contributed by atoms with E-state index in [0.717, 1.165) is 11.1 Å². The van der Waals surface area contributed by atoms with E-state index >= 15 is 0 Å². The summed E-state index contributed by atoms with van der Waals surface area (Å²) in [5.74, 6) is -0.308. The summed E-state index contributed by atoms with van der Waals surface area (Å²) in [5.41, 5.74) is 2.02. The molecule has 2 atom stereocenters. The van der Waals surface area contributed by atoms with Gasteiger partial charge < -0.3 is 10.6 Å². The summed E-state index contributed by atoms with van der Waals surface area (Å²) in [6, 6.07) is 19.5. The molecule has 6 heteroatoms. The fourth-order valence-corrected chi connectivity index (χ4v) is 4.61. The van der Waals surface area contributed by atoms with Crippen LogP contribution in [0.5, 0.6) is 0 Å². The molecule has 1 fully saturated rings. The molecule has 3 rings (SSSR count). The van der Waals surface area contributed by atoms with E-state index in [1.54, 1.807) is 0 Å². The van der Waals surface area contributed by atoms with Gasteiger partial charge in [-0.25, -0.2) is 0 Å². The maximum Gasteiger partial charge on any atom is 0.258 e. The third-order valence-corrected chi connectivity index (χ3v) is 6.91. The Bertz CT molecular complexity index is 717. The molecule has 2 unspecified atom stereocenters. The van der Waals surface area contributed by atoms with Crippen molar-refractivity contribution in [3.63, 3.8) is 0 Å². The van der Waals surface area contributed by atoms with Gasteiger partial charge in [0, 0.05) is 12.8 Å². The van der Waals surface area contributed by atoms with Gasteiger partial charge in [0.15, 0.2) is 9.74 Å². The second kappa shape index (κ2) is 7.76. The van der Waals surface area contributed by atoms with Crippen LogP contribution in [0.1, 0.15) is 11.1 Å². The van der Waals surface area contributed by atoms with Gasteiger partial charge in [-0.1, -0.05) is 60.7 Å². The standard InChI is InChI=1S/C20H22N2O2S2/c1-25-19(13-15-9-5-3-6-10-15)17(23)22-20(26-2,18(24)21-19)14-16-11-7-4-8-12-16/h3-12H,13-14H2,1-2H3,(H,21,24)(H,22,23). The van der Waals surface area contributed by atoms with Crippen molar-refractivity contribution in [2.45, 2.75) is 22.6 Å². The lowest BCUT2D eigenvalue weighted by Crippen LogP contribution is -2.73. The van der Waals surface area contributed by atoms with Gasteiger partial charge in [0.1, 0.15) is 0 Å². The number of carbonyl (C=O) groups excluding carboxylic acids is 2. The largest absolute Gasteiger partial charge is 0.330 e. The molecule has 2 aromatic rings. The van der Waals surface area contributed by atoms with Crippen LogP contribution in [-0.4, -0.2) is 34.1 Å². The second-order valence-electron chi connectivity index (χ2n) is 6.30. The van der Waals surface area contributed by atoms with Gasteiger partial charge in [0.2, 0.25) is 0 Å². The molecule has 2 amide bonds. The smallest absolute Gasteiger partial charge is 0.258 e. The molecule has 1 aliphatic rings. The summed E-state index contributed by atoms with van der Waals surface area (Å²) in [6.07, 6.45) is 4.60. The highest BCUT2D eigenvalue weighted by atomic mass is 32.2. The minimum absolute atomic E-state index is 0.154. The lowest BCUT2D eigenvalue weighted by Gasteiger charge is -2.44. The van der Waals surface area contributed by atoms with Crippen LogP contribution in [0.3, 0.4) is 0 Å². The van der Waals surface area contributed by atoms with Gasteiger partial charge in [-0.05, 0) is 23.6 Å². The molecule has 0 aromatic heterocycles. The molecule has 4 nitrogen and oxygen atoms in total. The maximum absolute atomic E-state index is 13.1. The highest BCUT2D eigenvalue weighted by Gasteiger charge is 2.53. The van der Waals surface area contributed by atoms with Gasteiger partial charge in [0.25, 0.3) is 11.8 Å². The second-order valence-corrected chi connectivity index (χ2v) is 8.51. The normalized spacial score (nSPS) is 25.5. The van der Waals surface area contributed by atoms with Crippen LogP contribution < -0.4 is 10.6 Å². The molecule has 26 heavy (non-hydrogen) atoms. The number of hydrogen-bond acceptors (Lipinski definition) is 4. The number of nitrogens with one attached hydrogen (secondary N) is 2. The Morgan fingerprint density at radius 1 is 0.692 bits per heavy atom. The summed E-state index contributed by atoms with van der Waals surface area (Å²) in [4.78, 5) is 24.2. The minimum Gasteiger partial charge on any atom is -0.330 e. The number of hydrogen-bond donors (Lipinski definition) is 2. The van der Waals surface area contributed by atoms with Crippen LogP contribution in [0.15, 0.2) is 60.7 Å². The van der Waals surface area contributed by atoms with Crippen molar-refractivity contribution in [2.24, 2.45) is 0 Å². The molecular weight excluding hydrogens is 364 g/mol. The van der Waals surface area contributed by atoms with Crippen LogP contribution in [0.2, 0.25) is 0 Å². The quantitative estimate of drug-likeness (QED) is 0.802. The van der Waals surface area contributed by atoms with Crippen LogP contribution in [0.4, 0.5) is 0 Å². The predicted octanol–water partition coefficient (Wildman–Crippen LogP) is 2.84. The first-order valence-electron chi connectivity index (χ1n) is 8.37. The Balaban J connectivity index is 1.87. The Kier molecular flexibility index (Phi) is 5.63. The zero-order valence-corrected chi connectivity index (χ0v) is 16.5. The Labute approximate surface area is 162 Å². The summed E-state index contributed by atoms with van der Waals surface area (Å²) in [7, 11) is 0. The van der Waals surface area contributed by atoms with Crippen molar-refractivity contribution in [1.82, 2.24) is 10.6 Å². The first-order valence-corrected chi connectivity index (χ1v) is 10.8. The lowest BCUT2D eigenvalue weighted by atomic mass is 9.97. The molecule has 0 saturated carbocycles. The maximum atomic E-state index is 13.1. The van der Waals surface area contributed by atoms with Gasteiger partial charge in [-0.15, -0.1) is 23.5 Å². The highest BCUT2D eigenvalue weighted by Crippen LogP contribution is 2.35. The van der Waals surface area contributed by atoms with Gasteiger partial charge >= 0.3 is 0 Å². The molecule has 136 valence electrons. The van der Waals surface area contributed by atoms with Crippen LogP contribution >= 0.6 is 23.5 Å². The van der Waals surface area contributed by atoms with Crippen molar-refractivity contribution in [1.29, 1.82) is 0 Å². The van der Waals surface area contributed by atoms with E-state index in [0.29, 0.717) is 12.8 Å². The first kappa shape index (κ1) is 18.9. The summed E-state index contributed by atoms with van der Waals surface area (Å²) in [5, 5.41) is 6.06. The number of thioether (sulfide) groups is 2. The zero-order chi connectivity index (χ0) is 18.6. The zero-order valence-electron chi connectivity index (χ0n) is 14.8. The van der Waals surface area contributed by atoms with Gasteiger partial charge in [-0.2, -0.15) is 0 Å². The van der Waals surface area contributed by atoms with Crippen molar-refractivity contribution in [2.75, 3.05) is 12.5 Å².